The predicted octanol–water partition coefficient (Wildman–Crippen LogP) is 5.08. The van der Waals surface area contributed by atoms with Gasteiger partial charge in [-0.2, -0.15) is 9.78 Å². The molecule has 0 aliphatic rings. The molecule has 0 unspecified atom stereocenters. The summed E-state index contributed by atoms with van der Waals surface area (Å²) in [6.07, 6.45) is 1.67. The molecule has 128 valence electrons. The number of thiophene rings is 1. The zero-order valence-corrected chi connectivity index (χ0v) is 16.3. The van der Waals surface area contributed by atoms with E-state index in [1.165, 1.54) is 16.0 Å². The van der Waals surface area contributed by atoms with Crippen molar-refractivity contribution in [1.29, 1.82) is 0 Å². The number of fused-ring (bicyclic) bond motifs is 1. The summed E-state index contributed by atoms with van der Waals surface area (Å²) in [5.74, 6) is 0.567. The van der Waals surface area contributed by atoms with Gasteiger partial charge in [-0.05, 0) is 30.2 Å². The molecule has 6 heteroatoms. The van der Waals surface area contributed by atoms with Crippen LogP contribution >= 0.6 is 27.3 Å². The summed E-state index contributed by atoms with van der Waals surface area (Å²) in [4.78, 5) is 18.4. The second-order valence-corrected chi connectivity index (χ2v) is 7.54. The topological polar surface area (TPSA) is 47.2 Å². The normalized spacial score (nSPS) is 11.5. The molecule has 2 aromatic carbocycles. The Morgan fingerprint density at radius 2 is 1.85 bits per heavy atom. The Labute approximate surface area is 162 Å². The minimum Gasteiger partial charge on any atom is -0.267 e. The third-order valence-electron chi connectivity index (χ3n) is 4.02. The minimum atomic E-state index is -0.152. The van der Waals surface area contributed by atoms with Crippen molar-refractivity contribution in [2.75, 3.05) is 0 Å². The standard InChI is InChI=1S/C20H14BrN3OS/c1-13-23-19-18(17(12-26-19)15-5-3-2-4-6-15)20(25)24(13)22-11-14-7-9-16(21)10-8-14/h2-12H,1H3. The van der Waals surface area contributed by atoms with Crippen molar-refractivity contribution in [2.24, 2.45) is 5.10 Å². The summed E-state index contributed by atoms with van der Waals surface area (Å²) in [5, 5.41) is 6.97. The number of rotatable bonds is 3. The van der Waals surface area contributed by atoms with E-state index in [0.717, 1.165) is 26.0 Å². The molecule has 0 spiro atoms. The largest absolute Gasteiger partial charge is 0.283 e. The maximum absolute atomic E-state index is 13.1. The van der Waals surface area contributed by atoms with Crippen LogP contribution in [0.2, 0.25) is 0 Å². The zero-order valence-electron chi connectivity index (χ0n) is 13.9. The van der Waals surface area contributed by atoms with E-state index in [0.29, 0.717) is 11.2 Å². The van der Waals surface area contributed by atoms with Gasteiger partial charge in [-0.25, -0.2) is 4.98 Å². The quantitative estimate of drug-likeness (QED) is 0.431. The fraction of sp³-hybridized carbons (Fsp3) is 0.0500. The first-order valence-corrected chi connectivity index (χ1v) is 9.67. The summed E-state index contributed by atoms with van der Waals surface area (Å²) in [6.45, 7) is 1.79. The molecule has 4 rings (SSSR count). The van der Waals surface area contributed by atoms with Crippen LogP contribution in [-0.2, 0) is 0 Å². The van der Waals surface area contributed by atoms with Crippen LogP contribution in [0.1, 0.15) is 11.4 Å². The first kappa shape index (κ1) is 16.9. The molecule has 0 saturated carbocycles. The molecule has 0 saturated heterocycles. The molecule has 4 nitrogen and oxygen atoms in total. The van der Waals surface area contributed by atoms with E-state index in [1.54, 1.807) is 13.1 Å². The molecule has 0 aliphatic carbocycles. The van der Waals surface area contributed by atoms with Gasteiger partial charge < -0.3 is 0 Å². The smallest absolute Gasteiger partial charge is 0.267 e. The van der Waals surface area contributed by atoms with E-state index >= 15 is 0 Å². The van der Waals surface area contributed by atoms with Crippen LogP contribution in [0.5, 0.6) is 0 Å². The summed E-state index contributed by atoms with van der Waals surface area (Å²) in [5.41, 5.74) is 2.66. The van der Waals surface area contributed by atoms with Crippen LogP contribution in [0, 0.1) is 6.92 Å². The van der Waals surface area contributed by atoms with E-state index in [4.69, 9.17) is 0 Å². The summed E-state index contributed by atoms with van der Waals surface area (Å²) >= 11 is 4.89. The van der Waals surface area contributed by atoms with Gasteiger partial charge in [-0.15, -0.1) is 11.3 Å². The van der Waals surface area contributed by atoms with Gasteiger partial charge >= 0.3 is 0 Å². The van der Waals surface area contributed by atoms with Crippen LogP contribution in [0.15, 0.2) is 74.3 Å². The van der Waals surface area contributed by atoms with E-state index in [-0.39, 0.29) is 5.56 Å². The second-order valence-electron chi connectivity index (χ2n) is 5.77. The third kappa shape index (κ3) is 3.13. The Bertz CT molecular complexity index is 1160. The van der Waals surface area contributed by atoms with Crippen LogP contribution in [0.4, 0.5) is 0 Å². The SMILES string of the molecule is Cc1nc2scc(-c3ccccc3)c2c(=O)n1N=Cc1ccc(Br)cc1. The molecule has 2 heterocycles. The number of aryl methyl sites for hydroxylation is 1. The van der Waals surface area contributed by atoms with Gasteiger partial charge in [0.1, 0.15) is 10.7 Å². The van der Waals surface area contributed by atoms with Gasteiger partial charge in [0, 0.05) is 15.4 Å². The van der Waals surface area contributed by atoms with Crippen LogP contribution in [0.25, 0.3) is 21.3 Å². The highest BCUT2D eigenvalue weighted by Crippen LogP contribution is 2.30. The Morgan fingerprint density at radius 1 is 1.12 bits per heavy atom. The maximum Gasteiger partial charge on any atom is 0.283 e. The Morgan fingerprint density at radius 3 is 2.58 bits per heavy atom. The van der Waals surface area contributed by atoms with Crippen LogP contribution < -0.4 is 5.56 Å². The lowest BCUT2D eigenvalue weighted by Crippen LogP contribution is -2.20. The molecule has 0 fully saturated rings. The molecule has 0 aliphatic heterocycles. The Balaban J connectivity index is 1.85. The van der Waals surface area contributed by atoms with Gasteiger partial charge in [0.2, 0.25) is 0 Å². The molecular formula is C20H14BrN3OS. The monoisotopic (exact) mass is 423 g/mol. The van der Waals surface area contributed by atoms with Crippen LogP contribution in [0.3, 0.4) is 0 Å². The molecule has 0 atom stereocenters. The average molecular weight is 424 g/mol. The van der Waals surface area contributed by atoms with Crippen molar-refractivity contribution in [1.82, 2.24) is 9.66 Å². The first-order chi connectivity index (χ1) is 12.6. The van der Waals surface area contributed by atoms with Gasteiger partial charge in [0.25, 0.3) is 5.56 Å². The highest BCUT2D eigenvalue weighted by atomic mass is 79.9. The minimum absolute atomic E-state index is 0.152. The Hall–Kier alpha value is -2.57. The maximum atomic E-state index is 13.1. The van der Waals surface area contributed by atoms with Crippen molar-refractivity contribution in [2.45, 2.75) is 6.92 Å². The fourth-order valence-corrected chi connectivity index (χ4v) is 3.97. The molecule has 2 aromatic heterocycles. The van der Waals surface area contributed by atoms with Crippen molar-refractivity contribution in [3.63, 3.8) is 0 Å². The molecule has 0 N–H and O–H groups in total. The van der Waals surface area contributed by atoms with Gasteiger partial charge in [0.15, 0.2) is 0 Å². The number of hydrogen-bond donors (Lipinski definition) is 0. The fourth-order valence-electron chi connectivity index (χ4n) is 2.72. The summed E-state index contributed by atoms with van der Waals surface area (Å²) in [7, 11) is 0. The number of hydrogen-bond acceptors (Lipinski definition) is 4. The van der Waals surface area contributed by atoms with Crippen molar-refractivity contribution in [3.05, 3.63) is 86.2 Å². The third-order valence-corrected chi connectivity index (χ3v) is 5.43. The summed E-state index contributed by atoms with van der Waals surface area (Å²) in [6, 6.07) is 17.6. The van der Waals surface area contributed by atoms with E-state index in [1.807, 2.05) is 60.0 Å². The summed E-state index contributed by atoms with van der Waals surface area (Å²) < 4.78 is 2.36. The molecule has 0 bridgehead atoms. The number of halogens is 1. The number of aromatic nitrogens is 2. The first-order valence-electron chi connectivity index (χ1n) is 7.99. The molecule has 4 aromatic rings. The lowest BCUT2D eigenvalue weighted by atomic mass is 10.1. The molecule has 26 heavy (non-hydrogen) atoms. The van der Waals surface area contributed by atoms with Gasteiger partial charge in [0.05, 0.1) is 11.6 Å². The van der Waals surface area contributed by atoms with E-state index in [9.17, 15) is 4.79 Å². The van der Waals surface area contributed by atoms with Crippen molar-refractivity contribution < 1.29 is 0 Å². The van der Waals surface area contributed by atoms with Crippen molar-refractivity contribution in [3.8, 4) is 11.1 Å². The molecule has 0 amide bonds. The highest BCUT2D eigenvalue weighted by Gasteiger charge is 2.14. The van der Waals surface area contributed by atoms with Gasteiger partial charge in [-0.1, -0.05) is 58.4 Å². The van der Waals surface area contributed by atoms with Crippen LogP contribution in [-0.4, -0.2) is 15.9 Å². The molecular weight excluding hydrogens is 410 g/mol. The predicted molar refractivity (Wildman–Crippen MR) is 111 cm³/mol. The van der Waals surface area contributed by atoms with E-state index < -0.39 is 0 Å². The lowest BCUT2D eigenvalue weighted by molar-refractivity contribution is 0.772. The van der Waals surface area contributed by atoms with Gasteiger partial charge in [-0.3, -0.25) is 4.79 Å². The van der Waals surface area contributed by atoms with E-state index in [2.05, 4.69) is 26.0 Å². The molecule has 0 radical (unpaired) electrons. The second kappa shape index (κ2) is 6.97. The number of nitrogens with zero attached hydrogens (tertiary/aromatic N) is 3. The highest BCUT2D eigenvalue weighted by molar-refractivity contribution is 9.10. The average Bonchev–Trinajstić information content (AvgIpc) is 3.07. The lowest BCUT2D eigenvalue weighted by Gasteiger charge is -2.05. The van der Waals surface area contributed by atoms with Crippen molar-refractivity contribution >= 4 is 43.7 Å². The zero-order chi connectivity index (χ0) is 18.1. The number of benzene rings is 2. The Kier molecular flexibility index (Phi) is 4.53.